The van der Waals surface area contributed by atoms with Crippen molar-refractivity contribution in [3.05, 3.63) is 18.0 Å². The third kappa shape index (κ3) is 3.62. The van der Waals surface area contributed by atoms with Gasteiger partial charge in [0.2, 0.25) is 0 Å². The van der Waals surface area contributed by atoms with E-state index in [0.29, 0.717) is 6.61 Å². The zero-order valence-corrected chi connectivity index (χ0v) is 9.60. The van der Waals surface area contributed by atoms with Gasteiger partial charge in [-0.2, -0.15) is 5.10 Å². The van der Waals surface area contributed by atoms with E-state index >= 15 is 0 Å². The van der Waals surface area contributed by atoms with E-state index in [1.54, 1.807) is 4.68 Å². The molecular weight excluding hydrogens is 192 g/mol. The summed E-state index contributed by atoms with van der Waals surface area (Å²) in [5.74, 6) is 5.49. The first-order chi connectivity index (χ1) is 7.17. The number of ether oxygens (including phenoxy) is 1. The molecule has 0 aliphatic carbocycles. The molecule has 2 atom stereocenters. The van der Waals surface area contributed by atoms with Crippen LogP contribution in [-0.4, -0.2) is 28.5 Å². The monoisotopic (exact) mass is 212 g/mol. The van der Waals surface area contributed by atoms with Crippen LogP contribution in [0.25, 0.3) is 0 Å². The molecule has 0 fully saturated rings. The normalized spacial score (nSPS) is 15.2. The summed E-state index contributed by atoms with van der Waals surface area (Å²) in [6.45, 7) is 4.68. The molecule has 2 unspecified atom stereocenters. The van der Waals surface area contributed by atoms with Crippen LogP contribution in [0.5, 0.6) is 0 Å². The van der Waals surface area contributed by atoms with E-state index < -0.39 is 0 Å². The first-order valence-corrected chi connectivity index (χ1v) is 5.23. The summed E-state index contributed by atoms with van der Waals surface area (Å²) in [6, 6.07) is 2.09. The average Bonchev–Trinajstić information content (AvgIpc) is 2.61. The Bertz CT molecular complexity index is 287. The lowest BCUT2D eigenvalue weighted by atomic mass is 10.1. The Morgan fingerprint density at radius 3 is 2.87 bits per heavy atom. The van der Waals surface area contributed by atoms with Crippen molar-refractivity contribution in [2.24, 2.45) is 12.9 Å². The van der Waals surface area contributed by atoms with Gasteiger partial charge in [0, 0.05) is 26.3 Å². The van der Waals surface area contributed by atoms with Gasteiger partial charge in [0.05, 0.1) is 17.8 Å². The van der Waals surface area contributed by atoms with Gasteiger partial charge < -0.3 is 4.74 Å². The number of rotatable bonds is 6. The number of nitrogens with zero attached hydrogens (tertiary/aromatic N) is 2. The second-order valence-electron chi connectivity index (χ2n) is 3.62. The van der Waals surface area contributed by atoms with Crippen LogP contribution in [0, 0.1) is 0 Å². The van der Waals surface area contributed by atoms with Gasteiger partial charge in [0.15, 0.2) is 0 Å². The number of nitrogens with two attached hydrogens (primary N) is 1. The standard InChI is InChI=1S/C10H20N4O/c1-4-15-8(2)10(12-11)7-9-5-6-14(3)13-9/h5-6,8,10,12H,4,7,11H2,1-3H3. The highest BCUT2D eigenvalue weighted by Gasteiger charge is 2.17. The molecule has 0 aromatic carbocycles. The Balaban J connectivity index is 2.53. The van der Waals surface area contributed by atoms with Gasteiger partial charge in [-0.1, -0.05) is 0 Å². The molecular formula is C10H20N4O. The molecule has 0 saturated heterocycles. The lowest BCUT2D eigenvalue weighted by Crippen LogP contribution is -2.45. The molecule has 1 rings (SSSR count). The van der Waals surface area contributed by atoms with E-state index in [2.05, 4.69) is 10.5 Å². The van der Waals surface area contributed by atoms with Crippen molar-refractivity contribution in [2.45, 2.75) is 32.4 Å². The maximum absolute atomic E-state index is 5.50. The van der Waals surface area contributed by atoms with Crippen LogP contribution in [0.4, 0.5) is 0 Å². The summed E-state index contributed by atoms with van der Waals surface area (Å²) >= 11 is 0. The van der Waals surface area contributed by atoms with E-state index in [1.807, 2.05) is 33.2 Å². The third-order valence-electron chi connectivity index (χ3n) is 2.41. The number of aryl methyl sites for hydroxylation is 1. The molecule has 0 saturated carbocycles. The smallest absolute Gasteiger partial charge is 0.0717 e. The van der Waals surface area contributed by atoms with Crippen LogP contribution in [0.1, 0.15) is 19.5 Å². The Labute approximate surface area is 90.6 Å². The summed E-state index contributed by atoms with van der Waals surface area (Å²) in [5.41, 5.74) is 3.79. The Morgan fingerprint density at radius 2 is 2.40 bits per heavy atom. The Hall–Kier alpha value is -0.910. The van der Waals surface area contributed by atoms with E-state index in [9.17, 15) is 0 Å². The minimum atomic E-state index is 0.0852. The summed E-state index contributed by atoms with van der Waals surface area (Å²) in [4.78, 5) is 0. The fourth-order valence-corrected chi connectivity index (χ4v) is 1.54. The Morgan fingerprint density at radius 1 is 1.67 bits per heavy atom. The van der Waals surface area contributed by atoms with Gasteiger partial charge in [0.1, 0.15) is 0 Å². The van der Waals surface area contributed by atoms with Crippen molar-refractivity contribution in [1.82, 2.24) is 15.2 Å². The zero-order chi connectivity index (χ0) is 11.3. The number of nitrogens with one attached hydrogen (secondary N) is 1. The summed E-state index contributed by atoms with van der Waals surface area (Å²) < 4.78 is 7.28. The van der Waals surface area contributed by atoms with Crippen LogP contribution >= 0.6 is 0 Å². The first-order valence-electron chi connectivity index (χ1n) is 5.23. The summed E-state index contributed by atoms with van der Waals surface area (Å²) in [6.07, 6.45) is 2.79. The van der Waals surface area contributed by atoms with Gasteiger partial charge in [-0.05, 0) is 19.9 Å². The van der Waals surface area contributed by atoms with Crippen molar-refractivity contribution in [3.8, 4) is 0 Å². The van der Waals surface area contributed by atoms with Gasteiger partial charge in [-0.25, -0.2) is 0 Å². The first kappa shape index (κ1) is 12.2. The highest BCUT2D eigenvalue weighted by Crippen LogP contribution is 2.05. The van der Waals surface area contributed by atoms with Crippen molar-refractivity contribution in [3.63, 3.8) is 0 Å². The molecule has 0 aliphatic heterocycles. The van der Waals surface area contributed by atoms with E-state index in [1.165, 1.54) is 0 Å². The maximum atomic E-state index is 5.50. The van der Waals surface area contributed by atoms with Gasteiger partial charge in [-0.15, -0.1) is 0 Å². The van der Waals surface area contributed by atoms with Crippen LogP contribution in [0.2, 0.25) is 0 Å². The molecule has 0 bridgehead atoms. The van der Waals surface area contributed by atoms with Gasteiger partial charge >= 0.3 is 0 Å². The average molecular weight is 212 g/mol. The largest absolute Gasteiger partial charge is 0.377 e. The van der Waals surface area contributed by atoms with E-state index in [-0.39, 0.29) is 12.1 Å². The molecule has 1 aromatic rings. The topological polar surface area (TPSA) is 65.1 Å². The van der Waals surface area contributed by atoms with Crippen LogP contribution in [-0.2, 0) is 18.2 Å². The van der Waals surface area contributed by atoms with E-state index in [0.717, 1.165) is 12.1 Å². The zero-order valence-electron chi connectivity index (χ0n) is 9.60. The third-order valence-corrected chi connectivity index (χ3v) is 2.41. The van der Waals surface area contributed by atoms with Crippen LogP contribution in [0.3, 0.4) is 0 Å². The molecule has 1 aromatic heterocycles. The molecule has 0 aliphatic rings. The van der Waals surface area contributed by atoms with Crippen molar-refractivity contribution in [1.29, 1.82) is 0 Å². The minimum absolute atomic E-state index is 0.0852. The van der Waals surface area contributed by atoms with Crippen molar-refractivity contribution >= 4 is 0 Å². The fourth-order valence-electron chi connectivity index (χ4n) is 1.54. The van der Waals surface area contributed by atoms with Crippen molar-refractivity contribution < 1.29 is 4.74 Å². The van der Waals surface area contributed by atoms with E-state index in [4.69, 9.17) is 10.6 Å². The maximum Gasteiger partial charge on any atom is 0.0717 e. The molecule has 5 heteroatoms. The molecule has 0 radical (unpaired) electrons. The fraction of sp³-hybridized carbons (Fsp3) is 0.700. The quantitative estimate of drug-likeness (QED) is 0.523. The number of hydrazine groups is 1. The highest BCUT2D eigenvalue weighted by molar-refractivity contribution is 5.01. The molecule has 0 spiro atoms. The lowest BCUT2D eigenvalue weighted by molar-refractivity contribution is 0.0473. The predicted octanol–water partition coefficient (Wildman–Crippen LogP) is 0.220. The van der Waals surface area contributed by atoms with Crippen LogP contribution in [0.15, 0.2) is 12.3 Å². The second kappa shape index (κ2) is 5.85. The predicted molar refractivity (Wildman–Crippen MR) is 59.1 cm³/mol. The molecule has 1 heterocycles. The molecule has 3 N–H and O–H groups in total. The summed E-state index contributed by atoms with van der Waals surface area (Å²) in [7, 11) is 1.90. The second-order valence-corrected chi connectivity index (χ2v) is 3.62. The highest BCUT2D eigenvalue weighted by atomic mass is 16.5. The minimum Gasteiger partial charge on any atom is -0.377 e. The Kier molecular flexibility index (Phi) is 4.74. The molecule has 86 valence electrons. The molecule has 15 heavy (non-hydrogen) atoms. The van der Waals surface area contributed by atoms with Gasteiger partial charge in [-0.3, -0.25) is 16.0 Å². The molecule has 5 nitrogen and oxygen atoms in total. The number of aromatic nitrogens is 2. The number of hydrogen-bond donors (Lipinski definition) is 2. The summed E-state index contributed by atoms with van der Waals surface area (Å²) in [5, 5.41) is 4.31. The van der Waals surface area contributed by atoms with Crippen LogP contribution < -0.4 is 11.3 Å². The lowest BCUT2D eigenvalue weighted by Gasteiger charge is -2.22. The number of hydrogen-bond acceptors (Lipinski definition) is 4. The van der Waals surface area contributed by atoms with Gasteiger partial charge in [0.25, 0.3) is 0 Å². The van der Waals surface area contributed by atoms with Crippen molar-refractivity contribution in [2.75, 3.05) is 6.61 Å². The SMILES string of the molecule is CCOC(C)C(Cc1ccn(C)n1)NN. The molecule has 0 amide bonds.